The highest BCUT2D eigenvalue weighted by molar-refractivity contribution is 6.02. The van der Waals surface area contributed by atoms with Gasteiger partial charge < -0.3 is 9.64 Å². The third kappa shape index (κ3) is 2.14. The van der Waals surface area contributed by atoms with E-state index in [0.717, 1.165) is 11.4 Å². The van der Waals surface area contributed by atoms with Crippen LogP contribution >= 0.6 is 0 Å². The van der Waals surface area contributed by atoms with Gasteiger partial charge in [0.1, 0.15) is 0 Å². The van der Waals surface area contributed by atoms with Gasteiger partial charge in [-0.2, -0.15) is 0 Å². The van der Waals surface area contributed by atoms with Crippen LogP contribution in [-0.4, -0.2) is 42.8 Å². The Labute approximate surface area is 119 Å². The van der Waals surface area contributed by atoms with Crippen LogP contribution in [0.4, 0.5) is 5.69 Å². The molecular weight excluding hydrogens is 252 g/mol. The van der Waals surface area contributed by atoms with Crippen LogP contribution < -0.4 is 0 Å². The van der Waals surface area contributed by atoms with E-state index >= 15 is 0 Å². The Balaban J connectivity index is 1.82. The first kappa shape index (κ1) is 13.3. The van der Waals surface area contributed by atoms with Crippen molar-refractivity contribution in [2.75, 3.05) is 26.3 Å². The van der Waals surface area contributed by atoms with Gasteiger partial charge in [0, 0.05) is 30.6 Å². The number of amides is 1. The standard InChI is InChI=1S/C16H20N2O2/c1-12-16(2,13-5-3-4-6-14(13)17-12)11-15(19)18-7-9-20-10-8-18/h3-6H,7-11H2,1-2H3. The summed E-state index contributed by atoms with van der Waals surface area (Å²) in [5.74, 6) is 0.196. The van der Waals surface area contributed by atoms with Gasteiger partial charge in [-0.1, -0.05) is 18.2 Å². The van der Waals surface area contributed by atoms with Crippen LogP contribution in [0.5, 0.6) is 0 Å². The molecule has 4 heteroatoms. The molecule has 3 rings (SSSR count). The molecule has 20 heavy (non-hydrogen) atoms. The van der Waals surface area contributed by atoms with Crippen molar-refractivity contribution in [1.29, 1.82) is 0 Å². The van der Waals surface area contributed by atoms with Crippen molar-refractivity contribution in [1.82, 2.24) is 4.90 Å². The summed E-state index contributed by atoms with van der Waals surface area (Å²) in [5, 5.41) is 0. The van der Waals surface area contributed by atoms with E-state index in [1.165, 1.54) is 5.56 Å². The Morgan fingerprint density at radius 3 is 2.80 bits per heavy atom. The van der Waals surface area contributed by atoms with Crippen LogP contribution in [0.3, 0.4) is 0 Å². The average molecular weight is 272 g/mol. The van der Waals surface area contributed by atoms with Crippen molar-refractivity contribution >= 4 is 17.3 Å². The monoisotopic (exact) mass is 272 g/mol. The molecule has 0 aliphatic carbocycles. The first-order valence-corrected chi connectivity index (χ1v) is 7.12. The lowest BCUT2D eigenvalue weighted by atomic mass is 9.77. The number of rotatable bonds is 2. The van der Waals surface area contributed by atoms with Crippen LogP contribution in [-0.2, 0) is 14.9 Å². The summed E-state index contributed by atoms with van der Waals surface area (Å²) in [6.45, 7) is 6.83. The number of morpholine rings is 1. The van der Waals surface area contributed by atoms with E-state index in [1.807, 2.05) is 30.0 Å². The molecule has 0 bridgehead atoms. The molecule has 1 amide bonds. The van der Waals surface area contributed by atoms with Gasteiger partial charge in [0.25, 0.3) is 0 Å². The predicted molar refractivity (Wildman–Crippen MR) is 78.6 cm³/mol. The van der Waals surface area contributed by atoms with E-state index in [2.05, 4.69) is 18.0 Å². The minimum absolute atomic E-state index is 0.196. The summed E-state index contributed by atoms with van der Waals surface area (Å²) in [6.07, 6.45) is 0.485. The highest BCUT2D eigenvalue weighted by Crippen LogP contribution is 2.42. The maximum Gasteiger partial charge on any atom is 0.224 e. The molecule has 1 unspecified atom stereocenters. The summed E-state index contributed by atoms with van der Waals surface area (Å²) >= 11 is 0. The molecule has 1 fully saturated rings. The van der Waals surface area contributed by atoms with Gasteiger partial charge in [-0.05, 0) is 25.5 Å². The van der Waals surface area contributed by atoms with Crippen molar-refractivity contribution in [3.05, 3.63) is 29.8 Å². The molecule has 4 nitrogen and oxygen atoms in total. The minimum atomic E-state index is -0.272. The summed E-state index contributed by atoms with van der Waals surface area (Å²) in [6, 6.07) is 8.11. The zero-order valence-electron chi connectivity index (χ0n) is 12.1. The predicted octanol–water partition coefficient (Wildman–Crippen LogP) is 2.30. The van der Waals surface area contributed by atoms with Gasteiger partial charge in [0.2, 0.25) is 5.91 Å². The Morgan fingerprint density at radius 2 is 2.05 bits per heavy atom. The average Bonchev–Trinajstić information content (AvgIpc) is 2.72. The second-order valence-corrected chi connectivity index (χ2v) is 5.72. The first-order chi connectivity index (χ1) is 9.61. The maximum atomic E-state index is 12.5. The summed E-state index contributed by atoms with van der Waals surface area (Å²) in [7, 11) is 0. The number of benzene rings is 1. The van der Waals surface area contributed by atoms with Crippen molar-refractivity contribution in [2.24, 2.45) is 4.99 Å². The van der Waals surface area contributed by atoms with Gasteiger partial charge in [0.05, 0.1) is 18.9 Å². The van der Waals surface area contributed by atoms with E-state index in [0.29, 0.717) is 32.7 Å². The number of carbonyl (C=O) groups is 1. The number of fused-ring (bicyclic) bond motifs is 1. The fraction of sp³-hybridized carbons (Fsp3) is 0.500. The van der Waals surface area contributed by atoms with Gasteiger partial charge in [-0.25, -0.2) is 0 Å². The quantitative estimate of drug-likeness (QED) is 0.829. The molecule has 0 N–H and O–H groups in total. The molecule has 1 saturated heterocycles. The maximum absolute atomic E-state index is 12.5. The van der Waals surface area contributed by atoms with Crippen LogP contribution in [0.1, 0.15) is 25.8 Å². The van der Waals surface area contributed by atoms with Gasteiger partial charge in [-0.3, -0.25) is 9.79 Å². The summed E-state index contributed by atoms with van der Waals surface area (Å²) < 4.78 is 5.30. The molecule has 2 aliphatic rings. The number of aliphatic imine (C=N–C) groups is 1. The second-order valence-electron chi connectivity index (χ2n) is 5.72. The molecule has 1 aromatic carbocycles. The normalized spacial score (nSPS) is 25.3. The third-order valence-corrected chi connectivity index (χ3v) is 4.45. The fourth-order valence-electron chi connectivity index (χ4n) is 2.99. The summed E-state index contributed by atoms with van der Waals surface area (Å²) in [4.78, 5) is 19.1. The molecule has 0 spiro atoms. The lowest BCUT2D eigenvalue weighted by Crippen LogP contribution is -2.44. The van der Waals surface area contributed by atoms with Crippen LogP contribution in [0.15, 0.2) is 29.3 Å². The first-order valence-electron chi connectivity index (χ1n) is 7.12. The van der Waals surface area contributed by atoms with E-state index in [4.69, 9.17) is 4.74 Å². The number of nitrogens with zero attached hydrogens (tertiary/aromatic N) is 2. The van der Waals surface area contributed by atoms with Crippen LogP contribution in [0.25, 0.3) is 0 Å². The van der Waals surface area contributed by atoms with E-state index in [-0.39, 0.29) is 11.3 Å². The SMILES string of the molecule is CC1=Nc2ccccc2C1(C)CC(=O)N1CCOCC1. The Bertz CT molecular complexity index is 561. The molecule has 2 aliphatic heterocycles. The van der Waals surface area contributed by atoms with Gasteiger partial charge in [-0.15, -0.1) is 0 Å². The van der Waals surface area contributed by atoms with Crippen molar-refractivity contribution in [3.8, 4) is 0 Å². The number of hydrogen-bond acceptors (Lipinski definition) is 3. The third-order valence-electron chi connectivity index (χ3n) is 4.45. The lowest BCUT2D eigenvalue weighted by Gasteiger charge is -2.32. The Hall–Kier alpha value is -1.68. The van der Waals surface area contributed by atoms with Crippen LogP contribution in [0, 0.1) is 0 Å². The van der Waals surface area contributed by atoms with E-state index in [9.17, 15) is 4.79 Å². The molecule has 0 aromatic heterocycles. The van der Waals surface area contributed by atoms with Crippen molar-refractivity contribution < 1.29 is 9.53 Å². The zero-order chi connectivity index (χ0) is 14.2. The van der Waals surface area contributed by atoms with Crippen molar-refractivity contribution in [3.63, 3.8) is 0 Å². The molecule has 1 aromatic rings. The van der Waals surface area contributed by atoms with E-state index < -0.39 is 0 Å². The smallest absolute Gasteiger partial charge is 0.224 e. The number of hydrogen-bond donors (Lipinski definition) is 0. The number of para-hydroxylation sites is 1. The minimum Gasteiger partial charge on any atom is -0.378 e. The number of carbonyl (C=O) groups excluding carboxylic acids is 1. The second kappa shape index (κ2) is 5.02. The molecule has 0 saturated carbocycles. The van der Waals surface area contributed by atoms with Crippen molar-refractivity contribution in [2.45, 2.75) is 25.7 Å². The highest BCUT2D eigenvalue weighted by Gasteiger charge is 2.39. The van der Waals surface area contributed by atoms with Gasteiger partial charge in [0.15, 0.2) is 0 Å². The van der Waals surface area contributed by atoms with Crippen LogP contribution in [0.2, 0.25) is 0 Å². The highest BCUT2D eigenvalue weighted by atomic mass is 16.5. The summed E-state index contributed by atoms with van der Waals surface area (Å²) in [5.41, 5.74) is 2.92. The van der Waals surface area contributed by atoms with E-state index in [1.54, 1.807) is 0 Å². The molecule has 2 heterocycles. The fourth-order valence-corrected chi connectivity index (χ4v) is 2.99. The Kier molecular flexibility index (Phi) is 3.34. The Morgan fingerprint density at radius 1 is 1.35 bits per heavy atom. The number of ether oxygens (including phenoxy) is 1. The zero-order valence-corrected chi connectivity index (χ0v) is 12.1. The molecule has 1 atom stereocenters. The molecule has 106 valence electrons. The van der Waals surface area contributed by atoms with Gasteiger partial charge >= 0.3 is 0 Å². The topological polar surface area (TPSA) is 41.9 Å². The molecule has 0 radical (unpaired) electrons. The largest absolute Gasteiger partial charge is 0.378 e. The lowest BCUT2D eigenvalue weighted by molar-refractivity contribution is -0.136. The molecular formula is C16H20N2O2.